The van der Waals surface area contributed by atoms with Crippen molar-refractivity contribution in [1.82, 2.24) is 31.5 Å². The van der Waals surface area contributed by atoms with E-state index in [1.54, 1.807) is 17.0 Å². The van der Waals surface area contributed by atoms with E-state index in [-0.39, 0.29) is 55.4 Å². The van der Waals surface area contributed by atoms with Crippen molar-refractivity contribution in [2.75, 3.05) is 19.6 Å². The topological polar surface area (TPSA) is 245 Å². The van der Waals surface area contributed by atoms with Crippen molar-refractivity contribution < 1.29 is 29.1 Å². The molecule has 0 spiro atoms. The van der Waals surface area contributed by atoms with Crippen LogP contribution in [0.25, 0.3) is 0 Å². The minimum atomic E-state index is -1.08. The van der Waals surface area contributed by atoms with Gasteiger partial charge in [-0.3, -0.25) is 34.3 Å². The first-order chi connectivity index (χ1) is 21.4. The van der Waals surface area contributed by atoms with E-state index in [2.05, 4.69) is 26.6 Å². The molecular formula is C30H45N9O6. The Bertz CT molecular complexity index is 1280. The molecule has 5 atom stereocenters. The number of nitrogens with one attached hydrogen (secondary N) is 6. The van der Waals surface area contributed by atoms with Crippen LogP contribution >= 0.6 is 0 Å². The van der Waals surface area contributed by atoms with Gasteiger partial charge < -0.3 is 43.2 Å². The van der Waals surface area contributed by atoms with E-state index in [1.807, 2.05) is 6.92 Å². The number of piperazine rings is 2. The zero-order valence-corrected chi connectivity index (χ0v) is 25.6. The number of rotatable bonds is 15. The molecule has 0 aromatic heterocycles. The zero-order chi connectivity index (χ0) is 32.7. The Labute approximate surface area is 262 Å². The summed E-state index contributed by atoms with van der Waals surface area (Å²) in [5.74, 6) is -2.40. The van der Waals surface area contributed by atoms with Crippen molar-refractivity contribution >= 4 is 35.4 Å². The van der Waals surface area contributed by atoms with Crippen LogP contribution in [0.15, 0.2) is 24.3 Å². The van der Waals surface area contributed by atoms with Crippen molar-refractivity contribution in [2.45, 2.75) is 94.0 Å². The number of carbonyl (C=O) groups excluding carboxylic acids is 5. The van der Waals surface area contributed by atoms with Gasteiger partial charge in [0.2, 0.25) is 23.6 Å². The number of primary amides is 1. The number of hydrogen-bond acceptors (Lipinski definition) is 9. The quantitative estimate of drug-likeness (QED) is 0.0593. The van der Waals surface area contributed by atoms with Crippen LogP contribution < -0.4 is 38.1 Å². The third-order valence-corrected chi connectivity index (χ3v) is 8.80. The average molecular weight is 628 g/mol. The summed E-state index contributed by atoms with van der Waals surface area (Å²) in [4.78, 5) is 67.9. The number of unbranched alkanes of at least 4 members (excludes halogenated alkanes) is 1. The maximum atomic E-state index is 14.1. The third kappa shape index (κ3) is 8.28. The first kappa shape index (κ1) is 33.6. The number of carbonyl (C=O) groups is 5. The molecule has 15 heteroatoms. The highest BCUT2D eigenvalue weighted by atomic mass is 16.3. The fourth-order valence-corrected chi connectivity index (χ4v) is 6.14. The molecule has 1 aliphatic carbocycles. The number of phenols is 1. The van der Waals surface area contributed by atoms with E-state index >= 15 is 0 Å². The normalized spacial score (nSPS) is 24.9. The summed E-state index contributed by atoms with van der Waals surface area (Å²) in [5, 5.41) is 31.1. The number of benzene rings is 1. The van der Waals surface area contributed by atoms with Gasteiger partial charge in [-0.25, -0.2) is 0 Å². The minimum Gasteiger partial charge on any atom is -0.508 e. The predicted molar refractivity (Wildman–Crippen MR) is 165 cm³/mol. The maximum absolute atomic E-state index is 14.1. The van der Waals surface area contributed by atoms with Gasteiger partial charge in [0.1, 0.15) is 23.9 Å². The summed E-state index contributed by atoms with van der Waals surface area (Å²) in [6.07, 6.45) is 4.21. The van der Waals surface area contributed by atoms with Gasteiger partial charge in [0, 0.05) is 19.6 Å². The molecule has 11 N–H and O–H groups in total. The molecule has 1 aromatic rings. The fourth-order valence-electron chi connectivity index (χ4n) is 6.14. The van der Waals surface area contributed by atoms with E-state index in [9.17, 15) is 29.1 Å². The van der Waals surface area contributed by atoms with Crippen molar-refractivity contribution in [1.29, 1.82) is 5.41 Å². The number of guanidine groups is 1. The van der Waals surface area contributed by atoms with Gasteiger partial charge in [-0.2, -0.15) is 0 Å². The summed E-state index contributed by atoms with van der Waals surface area (Å²) < 4.78 is 0. The van der Waals surface area contributed by atoms with Crippen LogP contribution in [0.1, 0.15) is 57.4 Å². The average Bonchev–Trinajstić information content (AvgIpc) is 3.81. The molecule has 3 fully saturated rings. The van der Waals surface area contributed by atoms with Crippen LogP contribution in [-0.4, -0.2) is 101 Å². The van der Waals surface area contributed by atoms with Crippen LogP contribution in [0.4, 0.5) is 0 Å². The number of Topliss-reactive ketones (excluding diaryl/α,β-unsaturated/α-hetero) is 1. The highest BCUT2D eigenvalue weighted by Crippen LogP contribution is 2.46. The van der Waals surface area contributed by atoms with Gasteiger partial charge in [-0.05, 0) is 56.2 Å². The molecule has 0 radical (unpaired) electrons. The first-order valence-corrected chi connectivity index (χ1v) is 15.6. The minimum absolute atomic E-state index is 0.00332. The molecule has 4 amide bonds. The van der Waals surface area contributed by atoms with Crippen LogP contribution in [0.3, 0.4) is 0 Å². The third-order valence-electron chi connectivity index (χ3n) is 8.80. The molecular weight excluding hydrogens is 582 g/mol. The summed E-state index contributed by atoms with van der Waals surface area (Å²) in [7, 11) is 0. The van der Waals surface area contributed by atoms with Gasteiger partial charge in [0.15, 0.2) is 11.7 Å². The number of nitrogens with two attached hydrogens (primary N) is 2. The van der Waals surface area contributed by atoms with Crippen molar-refractivity contribution in [2.24, 2.45) is 11.5 Å². The highest BCUT2D eigenvalue weighted by molar-refractivity contribution is 6.01. The largest absolute Gasteiger partial charge is 0.508 e. The van der Waals surface area contributed by atoms with E-state index in [1.165, 1.54) is 12.1 Å². The van der Waals surface area contributed by atoms with Crippen molar-refractivity contribution in [3.05, 3.63) is 29.8 Å². The highest BCUT2D eigenvalue weighted by Gasteiger charge is 2.61. The monoisotopic (exact) mass is 627 g/mol. The molecule has 45 heavy (non-hydrogen) atoms. The fraction of sp³-hybridized carbons (Fsp3) is 0.600. The van der Waals surface area contributed by atoms with Gasteiger partial charge in [0.25, 0.3) is 0 Å². The van der Waals surface area contributed by atoms with Crippen LogP contribution in [0.5, 0.6) is 5.75 Å². The molecule has 1 saturated carbocycles. The Morgan fingerprint density at radius 3 is 2.38 bits per heavy atom. The lowest BCUT2D eigenvalue weighted by atomic mass is 9.91. The second-order valence-electron chi connectivity index (χ2n) is 12.1. The van der Waals surface area contributed by atoms with E-state index in [4.69, 9.17) is 16.9 Å². The Kier molecular flexibility index (Phi) is 11.0. The molecule has 2 aliphatic heterocycles. The predicted octanol–water partition coefficient (Wildman–Crippen LogP) is -1.91. The molecule has 2 saturated heterocycles. The number of phenolic OH excluding ortho intramolecular Hbond substituents is 1. The zero-order valence-electron chi connectivity index (χ0n) is 25.6. The van der Waals surface area contributed by atoms with Crippen LogP contribution in [0.2, 0.25) is 0 Å². The smallest absolute Gasteiger partial charge is 0.244 e. The number of ketones is 1. The first-order valence-electron chi connectivity index (χ1n) is 15.6. The number of aromatic hydroxyl groups is 1. The SMILES string of the molecule is CCCC[C@@H]1NC[C@H](C(=O)C2(N3C[C@H](C(=O)N[C@@H](CCCNC(=N)N)C(N)=O)NC(=O)[C@@H]3Cc3ccc(O)cc3)CC2)NC1=O. The second-order valence-corrected chi connectivity index (χ2v) is 12.1. The lowest BCUT2D eigenvalue weighted by Gasteiger charge is -2.44. The van der Waals surface area contributed by atoms with Gasteiger partial charge in [-0.1, -0.05) is 31.9 Å². The standard InChI is InChI=1S/C30H45N9O6/c1-2-3-5-20-26(43)37-21(15-35-20)24(41)30(11-12-30)39-16-22(27(44)36-19(25(31)42)6-4-13-34-29(32)33)38-28(45)23(39)14-17-7-9-18(40)10-8-17/h7-10,19-23,35,40H,2-6,11-16H2,1H3,(H2,31,42)(H,36,44)(H,37,43)(H,38,45)(H4,32,33,34)/t19-,20-,21+,22+,23-/m0/s1. The van der Waals surface area contributed by atoms with Crippen LogP contribution in [-0.2, 0) is 30.4 Å². The summed E-state index contributed by atoms with van der Waals surface area (Å²) in [6.45, 7) is 2.62. The molecule has 0 unspecified atom stereocenters. The Balaban J connectivity index is 1.52. The van der Waals surface area contributed by atoms with Crippen molar-refractivity contribution in [3.63, 3.8) is 0 Å². The molecule has 2 heterocycles. The Morgan fingerprint density at radius 1 is 1.09 bits per heavy atom. The number of nitrogens with zero attached hydrogens (tertiary/aromatic N) is 1. The summed E-state index contributed by atoms with van der Waals surface area (Å²) in [6, 6.07) is 2.37. The lowest BCUT2D eigenvalue weighted by Crippen LogP contribution is -2.71. The summed E-state index contributed by atoms with van der Waals surface area (Å²) >= 11 is 0. The van der Waals surface area contributed by atoms with E-state index in [0.29, 0.717) is 32.2 Å². The van der Waals surface area contributed by atoms with E-state index in [0.717, 1.165) is 18.4 Å². The molecule has 4 rings (SSSR count). The van der Waals surface area contributed by atoms with E-state index < -0.39 is 47.4 Å². The number of hydrogen-bond donors (Lipinski definition) is 9. The second kappa shape index (κ2) is 14.7. The molecule has 1 aromatic carbocycles. The van der Waals surface area contributed by atoms with Crippen molar-refractivity contribution in [3.8, 4) is 5.75 Å². The Morgan fingerprint density at radius 2 is 1.78 bits per heavy atom. The summed E-state index contributed by atoms with van der Waals surface area (Å²) in [5.41, 5.74) is 10.5. The molecule has 0 bridgehead atoms. The van der Waals surface area contributed by atoms with Gasteiger partial charge >= 0.3 is 0 Å². The molecule has 3 aliphatic rings. The lowest BCUT2D eigenvalue weighted by molar-refractivity contribution is -0.144. The van der Waals surface area contributed by atoms with Gasteiger partial charge in [0.05, 0.1) is 17.6 Å². The van der Waals surface area contributed by atoms with Gasteiger partial charge in [-0.15, -0.1) is 0 Å². The van der Waals surface area contributed by atoms with Crippen LogP contribution in [0, 0.1) is 5.41 Å². The number of amides is 4. The maximum Gasteiger partial charge on any atom is 0.244 e. The Hall–Kier alpha value is -4.24. The molecule has 246 valence electrons. The molecule has 15 nitrogen and oxygen atoms in total.